The molecule has 1 fully saturated rings. The van der Waals surface area contributed by atoms with Crippen molar-refractivity contribution in [3.05, 3.63) is 95.2 Å². The van der Waals surface area contributed by atoms with E-state index in [1.807, 2.05) is 60.7 Å². The summed E-state index contributed by atoms with van der Waals surface area (Å²) >= 11 is 1.44. The summed E-state index contributed by atoms with van der Waals surface area (Å²) in [6.45, 7) is 1.59. The van der Waals surface area contributed by atoms with Gasteiger partial charge in [0, 0.05) is 17.4 Å². The number of β-lactam (4-membered cyclic amide) rings is 1. The summed E-state index contributed by atoms with van der Waals surface area (Å²) in [4.78, 5) is 39.2. The highest BCUT2D eigenvalue weighted by Gasteiger charge is 2.52. The summed E-state index contributed by atoms with van der Waals surface area (Å²) < 4.78 is 11.3. The van der Waals surface area contributed by atoms with Crippen LogP contribution in [0.2, 0.25) is 0 Å². The van der Waals surface area contributed by atoms with Crippen LogP contribution in [0.1, 0.15) is 24.2 Å². The number of amides is 1. The van der Waals surface area contributed by atoms with Crippen LogP contribution >= 0.6 is 11.8 Å². The number of ether oxygens (including phenoxy) is 2. The Balaban J connectivity index is 1.66. The fourth-order valence-corrected chi connectivity index (χ4v) is 5.04. The first kappa shape index (κ1) is 22.8. The first-order valence-electron chi connectivity index (χ1n) is 10.5. The minimum Gasteiger partial charge on any atom is -0.458 e. The molecule has 0 spiro atoms. The number of hydrogen-bond acceptors (Lipinski definition) is 7. The van der Waals surface area contributed by atoms with Crippen molar-refractivity contribution in [3.8, 4) is 0 Å². The van der Waals surface area contributed by atoms with Crippen molar-refractivity contribution in [2.75, 3.05) is 12.4 Å². The Morgan fingerprint density at radius 2 is 1.73 bits per heavy atom. The Bertz CT molecular complexity index is 1060. The van der Waals surface area contributed by atoms with Gasteiger partial charge in [0.1, 0.15) is 23.7 Å². The van der Waals surface area contributed by atoms with Gasteiger partial charge in [-0.3, -0.25) is 9.69 Å². The molecule has 1 amide bonds. The van der Waals surface area contributed by atoms with Crippen LogP contribution in [0.15, 0.2) is 84.1 Å². The second-order valence-corrected chi connectivity index (χ2v) is 8.71. The molecule has 33 heavy (non-hydrogen) atoms. The predicted molar refractivity (Wildman–Crippen MR) is 125 cm³/mol. The molecule has 0 unspecified atom stereocenters. The summed E-state index contributed by atoms with van der Waals surface area (Å²) in [5.41, 5.74) is 8.16. The van der Waals surface area contributed by atoms with Gasteiger partial charge in [0.15, 0.2) is 6.10 Å². The monoisotopic (exact) mass is 464 g/mol. The first-order valence-corrected chi connectivity index (χ1v) is 11.6. The molecule has 1 saturated heterocycles. The van der Waals surface area contributed by atoms with Crippen molar-refractivity contribution in [2.24, 2.45) is 5.73 Å². The highest BCUT2D eigenvalue weighted by molar-refractivity contribution is 8.00. The van der Waals surface area contributed by atoms with Crippen LogP contribution in [0.3, 0.4) is 0 Å². The van der Waals surface area contributed by atoms with Crippen molar-refractivity contribution in [3.63, 3.8) is 0 Å². The molecule has 0 saturated carbocycles. The fraction of sp³-hybridized carbons (Fsp3) is 0.240. The molecule has 2 aromatic rings. The second-order valence-electron chi connectivity index (χ2n) is 7.60. The minimum atomic E-state index is -0.677. The van der Waals surface area contributed by atoms with Crippen molar-refractivity contribution in [1.29, 1.82) is 0 Å². The number of rotatable bonds is 7. The van der Waals surface area contributed by atoms with E-state index in [9.17, 15) is 14.4 Å². The van der Waals surface area contributed by atoms with Crippen molar-refractivity contribution in [2.45, 2.75) is 24.4 Å². The van der Waals surface area contributed by atoms with E-state index in [-0.39, 0.29) is 23.6 Å². The molecule has 8 heteroatoms. The van der Waals surface area contributed by atoms with Gasteiger partial charge in [0.25, 0.3) is 0 Å². The third-order valence-corrected chi connectivity index (χ3v) is 6.76. The Hall–Kier alpha value is -3.36. The molecule has 0 aromatic heterocycles. The zero-order valence-electron chi connectivity index (χ0n) is 18.0. The zero-order valence-corrected chi connectivity index (χ0v) is 18.9. The number of allylic oxidation sites excluding steroid dienone is 1. The molecule has 0 aliphatic carbocycles. The van der Waals surface area contributed by atoms with Gasteiger partial charge in [0.05, 0.1) is 0 Å². The van der Waals surface area contributed by atoms with Gasteiger partial charge >= 0.3 is 11.9 Å². The quantitative estimate of drug-likeness (QED) is 0.382. The minimum absolute atomic E-state index is 0.107. The summed E-state index contributed by atoms with van der Waals surface area (Å²) in [5, 5.41) is -0.345. The maximum Gasteiger partial charge on any atom is 0.356 e. The van der Waals surface area contributed by atoms with Gasteiger partial charge in [-0.1, -0.05) is 66.7 Å². The first-order chi connectivity index (χ1) is 16.0. The average Bonchev–Trinajstić information content (AvgIpc) is 2.86. The van der Waals surface area contributed by atoms with Gasteiger partial charge in [-0.2, -0.15) is 0 Å². The van der Waals surface area contributed by atoms with Crippen molar-refractivity contribution in [1.82, 2.24) is 4.90 Å². The van der Waals surface area contributed by atoms with E-state index in [4.69, 9.17) is 15.2 Å². The van der Waals surface area contributed by atoms with Crippen LogP contribution < -0.4 is 5.73 Å². The summed E-state index contributed by atoms with van der Waals surface area (Å²) in [5.74, 6) is -1.14. The largest absolute Gasteiger partial charge is 0.458 e. The lowest BCUT2D eigenvalue weighted by Gasteiger charge is -2.48. The van der Waals surface area contributed by atoms with E-state index < -0.39 is 24.1 Å². The highest BCUT2D eigenvalue weighted by atomic mass is 32.2. The maximum atomic E-state index is 13.5. The standard InChI is InChI=1S/C25H24N2O5S/c1-2-9-19(28)31-14-18-15-33-24-20(26)23(29)27(24)21(18)25(30)32-22(16-10-5-3-6-11-16)17-12-7-4-8-13-17/h2-13,20,22,24H,14-15,26H2,1H3/t20-,24+/m1/s1. The topological polar surface area (TPSA) is 98.9 Å². The van der Waals surface area contributed by atoms with Gasteiger partial charge in [-0.15, -0.1) is 11.8 Å². The lowest BCUT2D eigenvalue weighted by molar-refractivity contribution is -0.153. The molecule has 0 bridgehead atoms. The normalized spacial score (nSPS) is 20.0. The number of carbonyl (C=O) groups is 3. The molecule has 2 aliphatic heterocycles. The number of esters is 2. The van der Waals surface area contributed by atoms with E-state index >= 15 is 0 Å². The van der Waals surface area contributed by atoms with Gasteiger partial charge in [0.2, 0.25) is 5.91 Å². The van der Waals surface area contributed by atoms with Gasteiger partial charge in [-0.25, -0.2) is 9.59 Å². The predicted octanol–water partition coefficient (Wildman–Crippen LogP) is 2.94. The molecule has 4 rings (SSSR count). The van der Waals surface area contributed by atoms with Crippen LogP contribution in [0.4, 0.5) is 0 Å². The van der Waals surface area contributed by atoms with E-state index in [1.54, 1.807) is 13.0 Å². The number of hydrogen-bond donors (Lipinski definition) is 1. The Kier molecular flexibility index (Phi) is 6.96. The third kappa shape index (κ3) is 4.72. The molecule has 2 atom stereocenters. The number of nitrogens with zero attached hydrogens (tertiary/aromatic N) is 1. The Morgan fingerprint density at radius 1 is 1.12 bits per heavy atom. The lowest BCUT2D eigenvalue weighted by Crippen LogP contribution is -2.68. The number of nitrogens with two attached hydrogens (primary N) is 1. The lowest BCUT2D eigenvalue weighted by atomic mass is 10.0. The molecular weight excluding hydrogens is 440 g/mol. The summed E-state index contributed by atoms with van der Waals surface area (Å²) in [6.07, 6.45) is 2.19. The van der Waals surface area contributed by atoms with Crippen LogP contribution in [-0.2, 0) is 23.9 Å². The molecule has 2 aliphatic rings. The molecule has 7 nitrogen and oxygen atoms in total. The van der Waals surface area contributed by atoms with Crippen LogP contribution in [0.5, 0.6) is 0 Å². The smallest absolute Gasteiger partial charge is 0.356 e. The average molecular weight is 465 g/mol. The maximum absolute atomic E-state index is 13.5. The van der Waals surface area contributed by atoms with Crippen LogP contribution in [-0.4, -0.2) is 46.5 Å². The van der Waals surface area contributed by atoms with Gasteiger partial charge in [-0.05, 0) is 18.1 Å². The number of fused-ring (bicyclic) bond motifs is 1. The third-order valence-electron chi connectivity index (χ3n) is 5.40. The van der Waals surface area contributed by atoms with E-state index in [0.717, 1.165) is 11.1 Å². The van der Waals surface area contributed by atoms with Crippen LogP contribution in [0, 0.1) is 0 Å². The van der Waals surface area contributed by atoms with Gasteiger partial charge < -0.3 is 15.2 Å². The number of benzene rings is 2. The molecule has 2 aromatic carbocycles. The Labute approximate surface area is 196 Å². The molecule has 2 N–H and O–H groups in total. The molecular formula is C25H24N2O5S. The zero-order chi connectivity index (χ0) is 23.4. The molecule has 170 valence electrons. The van der Waals surface area contributed by atoms with E-state index in [0.29, 0.717) is 11.3 Å². The summed E-state index contributed by atoms with van der Waals surface area (Å²) in [6, 6.07) is 18.1. The fourth-order valence-electron chi connectivity index (χ4n) is 3.77. The number of carbonyl (C=O) groups excluding carboxylic acids is 3. The van der Waals surface area contributed by atoms with E-state index in [1.165, 1.54) is 22.7 Å². The summed E-state index contributed by atoms with van der Waals surface area (Å²) in [7, 11) is 0. The van der Waals surface area contributed by atoms with Crippen LogP contribution in [0.25, 0.3) is 0 Å². The second kappa shape index (κ2) is 10.1. The van der Waals surface area contributed by atoms with Crippen molar-refractivity contribution < 1.29 is 23.9 Å². The molecule has 0 radical (unpaired) electrons. The highest BCUT2D eigenvalue weighted by Crippen LogP contribution is 2.40. The Morgan fingerprint density at radius 3 is 2.30 bits per heavy atom. The van der Waals surface area contributed by atoms with E-state index in [2.05, 4.69) is 0 Å². The SMILES string of the molecule is CC=CC(=O)OCC1=C(C(=O)OC(c2ccccc2)c2ccccc2)N2C(=O)[C@@H](N)[C@@H]2SC1. The van der Waals surface area contributed by atoms with Crippen molar-refractivity contribution >= 4 is 29.6 Å². The number of thioether (sulfide) groups is 1. The molecule has 2 heterocycles.